The molecule has 0 aliphatic heterocycles. The second kappa shape index (κ2) is 12.3. The van der Waals surface area contributed by atoms with Crippen LogP contribution in [0.15, 0.2) is 48.3 Å². The van der Waals surface area contributed by atoms with Gasteiger partial charge < -0.3 is 20.5 Å². The second-order valence-electron chi connectivity index (χ2n) is 7.79. The van der Waals surface area contributed by atoms with E-state index in [1.165, 1.54) is 6.08 Å². The van der Waals surface area contributed by atoms with Crippen LogP contribution in [0.4, 0.5) is 9.18 Å². The topological polar surface area (TPSA) is 70.6 Å². The van der Waals surface area contributed by atoms with E-state index in [9.17, 15) is 14.3 Å². The normalized spacial score (nSPS) is 14.6. The predicted octanol–water partition coefficient (Wildman–Crippen LogP) is 4.50. The Hall–Kier alpha value is -1.45. The highest BCUT2D eigenvalue weighted by molar-refractivity contribution is 14.1. The van der Waals surface area contributed by atoms with Crippen molar-refractivity contribution in [3.63, 3.8) is 0 Å². The summed E-state index contributed by atoms with van der Waals surface area (Å²) >= 11 is 2.22. The number of carbonyl (C=O) groups excluding carboxylic acids is 1. The van der Waals surface area contributed by atoms with Crippen molar-refractivity contribution in [1.29, 1.82) is 0 Å². The number of rotatable bonds is 10. The summed E-state index contributed by atoms with van der Waals surface area (Å²) in [4.78, 5) is 12.2. The molecule has 0 saturated carbocycles. The zero-order chi connectivity index (χ0) is 22.0. The third kappa shape index (κ3) is 10.2. The number of allylic oxidation sites excluding steroid dienone is 2. The number of alkyl carbamates (subject to hydrolysis) is 1. The molecular weight excluding hydrogens is 486 g/mol. The number of amides is 1. The van der Waals surface area contributed by atoms with Crippen LogP contribution < -0.4 is 10.6 Å². The van der Waals surface area contributed by atoms with Gasteiger partial charge in [-0.25, -0.2) is 9.18 Å². The Bertz CT molecular complexity index is 699. The van der Waals surface area contributed by atoms with Gasteiger partial charge in [0.05, 0.1) is 12.1 Å². The molecule has 0 heterocycles. The van der Waals surface area contributed by atoms with Gasteiger partial charge in [-0.15, -0.1) is 0 Å². The average molecular weight is 518 g/mol. The summed E-state index contributed by atoms with van der Waals surface area (Å²) in [5.41, 5.74) is 0.933. The number of aliphatic hydroxyl groups is 1. The predicted molar refractivity (Wildman–Crippen MR) is 124 cm³/mol. The first kappa shape index (κ1) is 25.6. The lowest BCUT2D eigenvalue weighted by Gasteiger charge is -2.27. The summed E-state index contributed by atoms with van der Waals surface area (Å²) in [6.45, 7) is 11.1. The standard InChI is InChI=1S/C22H32FIN2O3/c1-6-16(18(23)7-2)13-25-14-20(27)19(26-21(28)29-22(3,4)5)12-15-8-10-17(24)11-9-15/h7-11,19-20,25,27H,2,6,12-14H2,1,3-5H3,(H,26,28)/b18-16-/t19-,20-/m0/s1. The van der Waals surface area contributed by atoms with Crippen LogP contribution in [0, 0.1) is 3.57 Å². The monoisotopic (exact) mass is 518 g/mol. The highest BCUT2D eigenvalue weighted by Gasteiger charge is 2.25. The lowest BCUT2D eigenvalue weighted by Crippen LogP contribution is -2.50. The molecule has 0 radical (unpaired) electrons. The average Bonchev–Trinajstić information content (AvgIpc) is 2.64. The highest BCUT2D eigenvalue weighted by Crippen LogP contribution is 2.13. The van der Waals surface area contributed by atoms with Gasteiger partial charge in [-0.3, -0.25) is 0 Å². The third-order valence-electron chi connectivity index (χ3n) is 4.17. The van der Waals surface area contributed by atoms with E-state index in [0.29, 0.717) is 25.0 Å². The molecule has 7 heteroatoms. The Morgan fingerprint density at radius 1 is 1.34 bits per heavy atom. The number of ether oxygens (including phenoxy) is 1. The first-order valence-corrected chi connectivity index (χ1v) is 10.8. The summed E-state index contributed by atoms with van der Waals surface area (Å²) in [6.07, 6.45) is 0.700. The van der Waals surface area contributed by atoms with E-state index < -0.39 is 23.8 Å². The van der Waals surface area contributed by atoms with Crippen LogP contribution in [0.5, 0.6) is 0 Å². The number of nitrogens with one attached hydrogen (secondary N) is 2. The molecule has 0 fully saturated rings. The molecule has 1 aromatic carbocycles. The van der Waals surface area contributed by atoms with Gasteiger partial charge in [-0.2, -0.15) is 0 Å². The van der Waals surface area contributed by atoms with Crippen molar-refractivity contribution in [1.82, 2.24) is 10.6 Å². The van der Waals surface area contributed by atoms with Crippen LogP contribution in [0.25, 0.3) is 0 Å². The molecule has 0 aromatic heterocycles. The Morgan fingerprint density at radius 2 is 1.97 bits per heavy atom. The van der Waals surface area contributed by atoms with E-state index in [1.807, 2.05) is 31.2 Å². The Balaban J connectivity index is 2.81. The minimum atomic E-state index is -0.883. The van der Waals surface area contributed by atoms with Crippen molar-refractivity contribution in [3.05, 3.63) is 57.5 Å². The fourth-order valence-electron chi connectivity index (χ4n) is 2.65. The van der Waals surface area contributed by atoms with Crippen molar-refractivity contribution in [3.8, 4) is 0 Å². The summed E-state index contributed by atoms with van der Waals surface area (Å²) in [7, 11) is 0. The zero-order valence-corrected chi connectivity index (χ0v) is 19.8. The second-order valence-corrected chi connectivity index (χ2v) is 9.04. The number of hydrogen-bond donors (Lipinski definition) is 3. The van der Waals surface area contributed by atoms with Gasteiger partial charge in [0.1, 0.15) is 11.4 Å². The van der Waals surface area contributed by atoms with Crippen molar-refractivity contribution < 1.29 is 19.0 Å². The van der Waals surface area contributed by atoms with Crippen LogP contribution in [0.1, 0.15) is 39.7 Å². The van der Waals surface area contributed by atoms with Crippen molar-refractivity contribution in [2.45, 2.75) is 58.3 Å². The Kier molecular flexibility index (Phi) is 10.8. The molecule has 1 amide bonds. The molecule has 3 N–H and O–H groups in total. The molecule has 0 aliphatic rings. The molecule has 5 nitrogen and oxygen atoms in total. The highest BCUT2D eigenvalue weighted by atomic mass is 127. The van der Waals surface area contributed by atoms with Gasteiger partial charge in [-0.1, -0.05) is 25.6 Å². The molecule has 1 rings (SSSR count). The lowest BCUT2D eigenvalue weighted by atomic mass is 10.0. The fourth-order valence-corrected chi connectivity index (χ4v) is 3.01. The maximum absolute atomic E-state index is 13.7. The molecule has 1 aromatic rings. The van der Waals surface area contributed by atoms with E-state index in [1.54, 1.807) is 20.8 Å². The number of carbonyl (C=O) groups is 1. The van der Waals surface area contributed by atoms with Gasteiger partial charge in [0.15, 0.2) is 0 Å². The number of aliphatic hydroxyl groups excluding tert-OH is 1. The van der Waals surface area contributed by atoms with E-state index in [-0.39, 0.29) is 12.4 Å². The van der Waals surface area contributed by atoms with E-state index in [2.05, 4.69) is 39.8 Å². The van der Waals surface area contributed by atoms with Crippen LogP contribution >= 0.6 is 22.6 Å². The smallest absolute Gasteiger partial charge is 0.407 e. The molecule has 29 heavy (non-hydrogen) atoms. The third-order valence-corrected chi connectivity index (χ3v) is 4.89. The van der Waals surface area contributed by atoms with E-state index >= 15 is 0 Å². The molecular formula is C22H32FIN2O3. The van der Waals surface area contributed by atoms with Gasteiger partial charge in [0, 0.05) is 16.7 Å². The van der Waals surface area contributed by atoms with Crippen LogP contribution in [-0.2, 0) is 11.2 Å². The molecule has 2 atom stereocenters. The van der Waals surface area contributed by atoms with Crippen molar-refractivity contribution >= 4 is 28.7 Å². The van der Waals surface area contributed by atoms with E-state index in [4.69, 9.17) is 4.74 Å². The molecule has 162 valence electrons. The number of halogens is 2. The first-order chi connectivity index (χ1) is 13.6. The lowest BCUT2D eigenvalue weighted by molar-refractivity contribution is 0.0423. The van der Waals surface area contributed by atoms with Crippen LogP contribution in [0.3, 0.4) is 0 Å². The summed E-state index contributed by atoms with van der Waals surface area (Å²) in [5.74, 6) is -0.350. The van der Waals surface area contributed by atoms with Crippen LogP contribution in [0.2, 0.25) is 0 Å². The summed E-state index contributed by atoms with van der Waals surface area (Å²) in [5, 5.41) is 16.5. The van der Waals surface area contributed by atoms with E-state index in [0.717, 1.165) is 9.13 Å². The molecule has 0 saturated heterocycles. The minimum absolute atomic E-state index is 0.193. The maximum Gasteiger partial charge on any atom is 0.407 e. The number of hydrogen-bond acceptors (Lipinski definition) is 4. The molecule has 0 unspecified atom stereocenters. The maximum atomic E-state index is 13.7. The largest absolute Gasteiger partial charge is 0.444 e. The molecule has 0 spiro atoms. The minimum Gasteiger partial charge on any atom is -0.444 e. The summed E-state index contributed by atoms with van der Waals surface area (Å²) in [6, 6.07) is 7.31. The first-order valence-electron chi connectivity index (χ1n) is 9.68. The quantitative estimate of drug-likeness (QED) is 0.315. The zero-order valence-electron chi connectivity index (χ0n) is 17.6. The van der Waals surface area contributed by atoms with Gasteiger partial charge >= 0.3 is 6.09 Å². The SMILES string of the molecule is C=C/C(F)=C(\CC)CNC[C@H](O)[C@H](Cc1ccc(I)cc1)NC(=O)OC(C)(C)C. The molecule has 0 aliphatic carbocycles. The van der Waals surface area contributed by atoms with Gasteiger partial charge in [-0.05, 0) is 85.5 Å². The Morgan fingerprint density at radius 3 is 2.48 bits per heavy atom. The van der Waals surface area contributed by atoms with Gasteiger partial charge in [0.25, 0.3) is 0 Å². The fraction of sp³-hybridized carbons (Fsp3) is 0.500. The summed E-state index contributed by atoms with van der Waals surface area (Å²) < 4.78 is 20.1. The number of benzene rings is 1. The van der Waals surface area contributed by atoms with Gasteiger partial charge in [0.2, 0.25) is 0 Å². The Labute approximate surface area is 186 Å². The van der Waals surface area contributed by atoms with Crippen molar-refractivity contribution in [2.75, 3.05) is 13.1 Å². The molecule has 0 bridgehead atoms. The van der Waals surface area contributed by atoms with Crippen molar-refractivity contribution in [2.24, 2.45) is 0 Å². The van der Waals surface area contributed by atoms with Crippen LogP contribution in [-0.4, -0.2) is 42.0 Å².